The molecule has 0 aliphatic rings. The van der Waals surface area contributed by atoms with Crippen LogP contribution in [0.15, 0.2) is 0 Å². The second-order valence-corrected chi connectivity index (χ2v) is 3.00. The first-order chi connectivity index (χ1) is 7.41. The van der Waals surface area contributed by atoms with E-state index in [0.717, 1.165) is 0 Å². The molecule has 1 aromatic carbocycles. The topological polar surface area (TPSA) is 26.0 Å². The summed E-state index contributed by atoms with van der Waals surface area (Å²) in [5, 5.41) is 0. The van der Waals surface area contributed by atoms with Crippen molar-refractivity contribution < 1.29 is 22.0 Å². The molecule has 0 fully saturated rings. The van der Waals surface area contributed by atoms with Crippen LogP contribution in [-0.2, 0) is 0 Å². The van der Waals surface area contributed by atoms with Crippen LogP contribution in [0, 0.1) is 41.4 Å². The molecule has 1 unspecified atom stereocenters. The molecule has 0 aliphatic heterocycles. The highest BCUT2D eigenvalue weighted by Crippen LogP contribution is 2.27. The molecule has 1 rings (SSSR count). The zero-order valence-electron chi connectivity index (χ0n) is 7.83. The van der Waals surface area contributed by atoms with Gasteiger partial charge in [0.05, 0.1) is 0 Å². The number of benzene rings is 1. The van der Waals surface area contributed by atoms with Gasteiger partial charge < -0.3 is 5.73 Å². The normalized spacial score (nSPS) is 12.3. The Morgan fingerprint density at radius 1 is 0.938 bits per heavy atom. The average Bonchev–Trinajstić information content (AvgIpc) is 2.24. The van der Waals surface area contributed by atoms with Crippen LogP contribution in [0.5, 0.6) is 0 Å². The van der Waals surface area contributed by atoms with Gasteiger partial charge >= 0.3 is 0 Å². The summed E-state index contributed by atoms with van der Waals surface area (Å²) in [5.74, 6) is -8.18. The van der Waals surface area contributed by atoms with Crippen molar-refractivity contribution >= 4 is 0 Å². The van der Waals surface area contributed by atoms with E-state index < -0.39 is 40.7 Å². The summed E-state index contributed by atoms with van der Waals surface area (Å²) in [5.41, 5.74) is 4.13. The Morgan fingerprint density at radius 3 is 1.69 bits per heavy atom. The van der Waals surface area contributed by atoms with Gasteiger partial charge in [0.25, 0.3) is 0 Å². The van der Waals surface area contributed by atoms with Crippen LogP contribution >= 0.6 is 0 Å². The van der Waals surface area contributed by atoms with Crippen LogP contribution in [0.4, 0.5) is 22.0 Å². The lowest BCUT2D eigenvalue weighted by Gasteiger charge is -2.12. The van der Waals surface area contributed by atoms with Crippen molar-refractivity contribution in [2.24, 2.45) is 5.73 Å². The van der Waals surface area contributed by atoms with Gasteiger partial charge in [-0.3, -0.25) is 0 Å². The highest BCUT2D eigenvalue weighted by molar-refractivity contribution is 5.27. The minimum Gasteiger partial charge on any atom is -0.323 e. The maximum atomic E-state index is 13.1. The lowest BCUT2D eigenvalue weighted by atomic mass is 10.0. The summed E-state index contributed by atoms with van der Waals surface area (Å²) in [7, 11) is 0. The number of terminal acetylenes is 1. The molecule has 1 aromatic rings. The van der Waals surface area contributed by atoms with Gasteiger partial charge in [-0.05, 0) is 0 Å². The summed E-state index contributed by atoms with van der Waals surface area (Å²) in [4.78, 5) is 0. The van der Waals surface area contributed by atoms with Gasteiger partial charge in [-0.25, -0.2) is 22.0 Å². The van der Waals surface area contributed by atoms with Gasteiger partial charge in [-0.2, -0.15) is 0 Å². The average molecular weight is 235 g/mol. The zero-order valence-corrected chi connectivity index (χ0v) is 7.83. The van der Waals surface area contributed by atoms with Crippen LogP contribution < -0.4 is 5.73 Å². The Hall–Kier alpha value is -1.61. The predicted octanol–water partition coefficient (Wildman–Crippen LogP) is 2.41. The largest absolute Gasteiger partial charge is 0.323 e. The van der Waals surface area contributed by atoms with E-state index in [4.69, 9.17) is 12.2 Å². The van der Waals surface area contributed by atoms with E-state index >= 15 is 0 Å². The van der Waals surface area contributed by atoms with E-state index in [-0.39, 0.29) is 6.42 Å². The van der Waals surface area contributed by atoms with Crippen molar-refractivity contribution in [2.75, 3.05) is 0 Å². The van der Waals surface area contributed by atoms with Crippen molar-refractivity contribution in [3.8, 4) is 12.3 Å². The SMILES string of the molecule is C#CCC(N)c1c(F)c(F)c(F)c(F)c1F. The molecule has 2 N–H and O–H groups in total. The second-order valence-electron chi connectivity index (χ2n) is 3.00. The molecule has 6 heteroatoms. The highest BCUT2D eigenvalue weighted by atomic mass is 19.2. The van der Waals surface area contributed by atoms with E-state index in [2.05, 4.69) is 0 Å². The highest BCUT2D eigenvalue weighted by Gasteiger charge is 2.28. The fourth-order valence-corrected chi connectivity index (χ4v) is 1.18. The maximum absolute atomic E-state index is 13.1. The number of hydrogen-bond acceptors (Lipinski definition) is 1. The fraction of sp³-hybridized carbons (Fsp3) is 0.200. The molecule has 0 radical (unpaired) electrons. The molecule has 0 spiro atoms. The first-order valence-corrected chi connectivity index (χ1v) is 4.12. The Labute approximate surface area is 88.1 Å². The van der Waals surface area contributed by atoms with Gasteiger partial charge in [0.1, 0.15) is 0 Å². The molecule has 0 heterocycles. The summed E-state index contributed by atoms with van der Waals surface area (Å²) in [6.45, 7) is 0. The minimum atomic E-state index is -2.22. The molecule has 1 atom stereocenters. The van der Waals surface area contributed by atoms with Crippen LogP contribution in [0.3, 0.4) is 0 Å². The Balaban J connectivity index is 3.46. The second kappa shape index (κ2) is 4.49. The Bertz CT molecular complexity index is 434. The van der Waals surface area contributed by atoms with Crippen LogP contribution in [-0.4, -0.2) is 0 Å². The van der Waals surface area contributed by atoms with E-state index in [9.17, 15) is 22.0 Å². The lowest BCUT2D eigenvalue weighted by molar-refractivity contribution is 0.364. The van der Waals surface area contributed by atoms with Crippen molar-refractivity contribution in [3.05, 3.63) is 34.6 Å². The summed E-state index contributed by atoms with van der Waals surface area (Å²) < 4.78 is 64.3. The molecular formula is C10H6F5N. The molecule has 0 bridgehead atoms. The quantitative estimate of drug-likeness (QED) is 0.362. The molecule has 0 aromatic heterocycles. The third kappa shape index (κ3) is 1.86. The van der Waals surface area contributed by atoms with Gasteiger partial charge in [0, 0.05) is 18.0 Å². The number of halogens is 5. The van der Waals surface area contributed by atoms with Crippen molar-refractivity contribution in [1.82, 2.24) is 0 Å². The fourth-order valence-electron chi connectivity index (χ4n) is 1.18. The van der Waals surface area contributed by atoms with Crippen LogP contribution in [0.25, 0.3) is 0 Å². The summed E-state index contributed by atoms with van der Waals surface area (Å²) in [6.07, 6.45) is 4.50. The molecule has 86 valence electrons. The van der Waals surface area contributed by atoms with Crippen LogP contribution in [0.1, 0.15) is 18.0 Å². The number of nitrogens with two attached hydrogens (primary N) is 1. The first-order valence-electron chi connectivity index (χ1n) is 4.12. The summed E-state index contributed by atoms with van der Waals surface area (Å²) in [6, 6.07) is -1.44. The number of rotatable bonds is 2. The third-order valence-corrected chi connectivity index (χ3v) is 1.95. The standard InChI is InChI=1S/C10H6F5N/c1-2-3-4(16)5-6(11)8(13)10(15)9(14)7(5)12/h1,4H,3,16H2. The molecule has 16 heavy (non-hydrogen) atoms. The van der Waals surface area contributed by atoms with E-state index in [1.807, 2.05) is 5.92 Å². The lowest BCUT2D eigenvalue weighted by Crippen LogP contribution is -2.17. The monoisotopic (exact) mass is 235 g/mol. The van der Waals surface area contributed by atoms with Crippen molar-refractivity contribution in [2.45, 2.75) is 12.5 Å². The molecule has 0 amide bonds. The van der Waals surface area contributed by atoms with E-state index in [0.29, 0.717) is 0 Å². The van der Waals surface area contributed by atoms with E-state index in [1.165, 1.54) is 0 Å². The van der Waals surface area contributed by atoms with Gasteiger partial charge in [-0.1, -0.05) is 0 Å². The van der Waals surface area contributed by atoms with E-state index in [1.54, 1.807) is 0 Å². The van der Waals surface area contributed by atoms with Crippen LogP contribution in [0.2, 0.25) is 0 Å². The molecule has 1 nitrogen and oxygen atoms in total. The molecule has 0 saturated heterocycles. The zero-order chi connectivity index (χ0) is 12.5. The first kappa shape index (κ1) is 12.5. The summed E-state index contributed by atoms with van der Waals surface area (Å²) >= 11 is 0. The van der Waals surface area contributed by atoms with Gasteiger partial charge in [0.15, 0.2) is 23.3 Å². The third-order valence-electron chi connectivity index (χ3n) is 1.95. The van der Waals surface area contributed by atoms with Gasteiger partial charge in [0.2, 0.25) is 5.82 Å². The molecular weight excluding hydrogens is 229 g/mol. The maximum Gasteiger partial charge on any atom is 0.200 e. The molecule has 0 aliphatic carbocycles. The van der Waals surface area contributed by atoms with Crippen molar-refractivity contribution in [1.29, 1.82) is 0 Å². The Kier molecular flexibility index (Phi) is 3.50. The smallest absolute Gasteiger partial charge is 0.200 e. The van der Waals surface area contributed by atoms with Crippen molar-refractivity contribution in [3.63, 3.8) is 0 Å². The molecule has 0 saturated carbocycles. The predicted molar refractivity (Wildman–Crippen MR) is 46.6 cm³/mol. The van der Waals surface area contributed by atoms with Gasteiger partial charge in [-0.15, -0.1) is 12.3 Å². The number of hydrogen-bond donors (Lipinski definition) is 1. The minimum absolute atomic E-state index is 0.335. The Morgan fingerprint density at radius 2 is 1.31 bits per heavy atom.